The average Bonchev–Trinajstić information content (AvgIpc) is 2.93. The molecule has 1 aliphatic rings. The highest BCUT2D eigenvalue weighted by Gasteiger charge is 2.27. The second-order valence-corrected chi connectivity index (χ2v) is 7.71. The molecule has 0 radical (unpaired) electrons. The van der Waals surface area contributed by atoms with Crippen molar-refractivity contribution in [1.29, 1.82) is 0 Å². The smallest absolute Gasteiger partial charge is 0.279 e. The van der Waals surface area contributed by atoms with E-state index >= 15 is 0 Å². The Morgan fingerprint density at radius 2 is 2.20 bits per heavy atom. The summed E-state index contributed by atoms with van der Waals surface area (Å²) in [7, 11) is -1.40. The highest BCUT2D eigenvalue weighted by Crippen LogP contribution is 2.18. The topological polar surface area (TPSA) is 74.3 Å². The van der Waals surface area contributed by atoms with Crippen LogP contribution in [0, 0.1) is 5.92 Å². The van der Waals surface area contributed by atoms with Crippen LogP contribution in [0.1, 0.15) is 17.8 Å². The van der Waals surface area contributed by atoms with Crippen LogP contribution in [0.5, 0.6) is 0 Å². The minimum Gasteiger partial charge on any atom is -0.319 e. The van der Waals surface area contributed by atoms with Crippen LogP contribution in [0.15, 0.2) is 11.6 Å². The van der Waals surface area contributed by atoms with Gasteiger partial charge in [0.1, 0.15) is 0 Å². The quantitative estimate of drug-likeness (QED) is 0.765. The van der Waals surface area contributed by atoms with Crippen molar-refractivity contribution in [3.05, 3.63) is 16.6 Å². The normalized spacial score (nSPS) is 18.4. The fraction of sp³-hybridized carbons (Fsp3) is 0.750. The molecule has 2 N–H and O–H groups in total. The van der Waals surface area contributed by atoms with Crippen molar-refractivity contribution in [2.45, 2.75) is 19.3 Å². The summed E-state index contributed by atoms with van der Waals surface area (Å²) >= 11 is 1.55. The Bertz CT molecular complexity index is 482. The molecule has 0 unspecified atom stereocenters. The first-order valence-electron chi connectivity index (χ1n) is 6.89. The van der Waals surface area contributed by atoms with Crippen LogP contribution in [-0.4, -0.2) is 50.9 Å². The van der Waals surface area contributed by atoms with E-state index in [1.54, 1.807) is 21.8 Å². The zero-order valence-electron chi connectivity index (χ0n) is 11.7. The number of nitrogens with one attached hydrogen (secondary N) is 2. The minimum atomic E-state index is -3.34. The van der Waals surface area contributed by atoms with E-state index in [0.29, 0.717) is 32.0 Å². The monoisotopic (exact) mass is 318 g/mol. The fourth-order valence-electron chi connectivity index (χ4n) is 2.40. The van der Waals surface area contributed by atoms with Crippen molar-refractivity contribution in [2.24, 2.45) is 5.92 Å². The molecule has 0 saturated carbocycles. The number of piperidine rings is 1. The molecule has 1 aliphatic heterocycles. The van der Waals surface area contributed by atoms with Gasteiger partial charge >= 0.3 is 0 Å². The third-order valence-electron chi connectivity index (χ3n) is 3.51. The zero-order valence-corrected chi connectivity index (χ0v) is 13.3. The Morgan fingerprint density at radius 1 is 1.45 bits per heavy atom. The second-order valence-electron chi connectivity index (χ2n) is 4.98. The molecule has 1 aromatic heterocycles. The molecule has 1 aromatic rings. The van der Waals surface area contributed by atoms with Crippen molar-refractivity contribution < 1.29 is 8.42 Å². The van der Waals surface area contributed by atoms with Crippen molar-refractivity contribution in [1.82, 2.24) is 19.3 Å². The summed E-state index contributed by atoms with van der Waals surface area (Å²) in [6, 6.07) is 0. The lowest BCUT2D eigenvalue weighted by Gasteiger charge is -2.31. The highest BCUT2D eigenvalue weighted by molar-refractivity contribution is 7.87. The molecule has 20 heavy (non-hydrogen) atoms. The Kier molecular flexibility index (Phi) is 5.91. The molecular formula is C12H22N4O2S2. The van der Waals surface area contributed by atoms with Gasteiger partial charge in [0, 0.05) is 37.6 Å². The average molecular weight is 318 g/mol. The standard InChI is InChI=1S/C12H22N4O2S2/c1-13-10-11-3-7-16(8-4-11)20(17,18)15-5-2-12-14-6-9-19-12/h6,9,11,13,15H,2-5,7-8,10H2,1H3. The predicted molar refractivity (Wildman–Crippen MR) is 81.0 cm³/mol. The minimum absolute atomic E-state index is 0.409. The number of rotatable bonds is 7. The van der Waals surface area contributed by atoms with E-state index in [1.165, 1.54) is 0 Å². The van der Waals surface area contributed by atoms with Crippen molar-refractivity contribution in [3.63, 3.8) is 0 Å². The predicted octanol–water partition coefficient (Wildman–Crippen LogP) is 0.451. The Hall–Kier alpha value is -0.540. The molecule has 2 heterocycles. The molecule has 114 valence electrons. The van der Waals surface area contributed by atoms with Crippen molar-refractivity contribution >= 4 is 21.5 Å². The first kappa shape index (κ1) is 15.8. The number of nitrogens with zero attached hydrogens (tertiary/aromatic N) is 2. The van der Waals surface area contributed by atoms with Crippen LogP contribution >= 0.6 is 11.3 Å². The number of aromatic nitrogens is 1. The molecule has 0 aliphatic carbocycles. The lowest BCUT2D eigenvalue weighted by Crippen LogP contribution is -2.46. The molecule has 1 fully saturated rings. The van der Waals surface area contributed by atoms with E-state index in [1.807, 2.05) is 12.4 Å². The number of hydrogen-bond donors (Lipinski definition) is 2. The van der Waals surface area contributed by atoms with E-state index in [0.717, 1.165) is 24.4 Å². The maximum Gasteiger partial charge on any atom is 0.279 e. The van der Waals surface area contributed by atoms with Gasteiger partial charge in [0.25, 0.3) is 10.2 Å². The van der Waals surface area contributed by atoms with Gasteiger partial charge in [-0.3, -0.25) is 0 Å². The lowest BCUT2D eigenvalue weighted by molar-refractivity contribution is 0.268. The second kappa shape index (κ2) is 7.46. The number of thiazole rings is 1. The van der Waals surface area contributed by atoms with Gasteiger partial charge in [0.15, 0.2) is 0 Å². The molecule has 8 heteroatoms. The molecule has 1 saturated heterocycles. The van der Waals surface area contributed by atoms with Crippen LogP contribution in [0.25, 0.3) is 0 Å². The summed E-state index contributed by atoms with van der Waals surface area (Å²) in [6.07, 6.45) is 4.23. The SMILES string of the molecule is CNCC1CCN(S(=O)(=O)NCCc2nccs2)CC1. The van der Waals surface area contributed by atoms with Crippen LogP contribution in [0.2, 0.25) is 0 Å². The van der Waals surface area contributed by atoms with Crippen LogP contribution in [-0.2, 0) is 16.6 Å². The maximum absolute atomic E-state index is 12.2. The van der Waals surface area contributed by atoms with Crippen LogP contribution in [0.3, 0.4) is 0 Å². The van der Waals surface area contributed by atoms with E-state index in [4.69, 9.17) is 0 Å². The van der Waals surface area contributed by atoms with Crippen molar-refractivity contribution in [2.75, 3.05) is 33.2 Å². The van der Waals surface area contributed by atoms with E-state index in [2.05, 4.69) is 15.0 Å². The highest BCUT2D eigenvalue weighted by atomic mass is 32.2. The van der Waals surface area contributed by atoms with Gasteiger partial charge in [0.2, 0.25) is 0 Å². The van der Waals surface area contributed by atoms with Gasteiger partial charge in [-0.05, 0) is 32.4 Å². The summed E-state index contributed by atoms with van der Waals surface area (Å²) in [6.45, 7) is 2.59. The Labute approximate surface area is 124 Å². The Morgan fingerprint density at radius 3 is 2.80 bits per heavy atom. The van der Waals surface area contributed by atoms with Crippen LogP contribution in [0.4, 0.5) is 0 Å². The summed E-state index contributed by atoms with van der Waals surface area (Å²) in [5, 5.41) is 6.01. The summed E-state index contributed by atoms with van der Waals surface area (Å²) < 4.78 is 28.5. The molecule has 0 aromatic carbocycles. The van der Waals surface area contributed by atoms with Gasteiger partial charge in [0.05, 0.1) is 5.01 Å². The first-order chi connectivity index (χ1) is 9.62. The van der Waals surface area contributed by atoms with Crippen LogP contribution < -0.4 is 10.0 Å². The van der Waals surface area contributed by atoms with Gasteiger partial charge in [-0.1, -0.05) is 0 Å². The Balaban J connectivity index is 1.76. The molecular weight excluding hydrogens is 296 g/mol. The molecule has 0 bridgehead atoms. The zero-order chi connectivity index (χ0) is 14.4. The third kappa shape index (κ3) is 4.49. The molecule has 0 amide bonds. The van der Waals surface area contributed by atoms with Gasteiger partial charge in [-0.25, -0.2) is 9.71 Å². The van der Waals surface area contributed by atoms with E-state index < -0.39 is 10.2 Å². The van der Waals surface area contributed by atoms with Gasteiger partial charge in [-0.15, -0.1) is 11.3 Å². The summed E-state index contributed by atoms with van der Waals surface area (Å²) in [4.78, 5) is 4.14. The van der Waals surface area contributed by atoms with Crippen molar-refractivity contribution in [3.8, 4) is 0 Å². The summed E-state index contributed by atoms with van der Waals surface area (Å²) in [5.41, 5.74) is 0. The number of hydrogen-bond acceptors (Lipinski definition) is 5. The van der Waals surface area contributed by atoms with Gasteiger partial charge < -0.3 is 5.32 Å². The molecule has 0 atom stereocenters. The maximum atomic E-state index is 12.2. The lowest BCUT2D eigenvalue weighted by atomic mass is 9.98. The molecule has 6 nitrogen and oxygen atoms in total. The third-order valence-corrected chi connectivity index (χ3v) is 5.97. The largest absolute Gasteiger partial charge is 0.319 e. The fourth-order valence-corrected chi connectivity index (χ4v) is 4.25. The summed E-state index contributed by atoms with van der Waals surface area (Å²) in [5.74, 6) is 0.585. The first-order valence-corrected chi connectivity index (χ1v) is 9.21. The van der Waals surface area contributed by atoms with E-state index in [-0.39, 0.29) is 0 Å². The molecule has 2 rings (SSSR count). The van der Waals surface area contributed by atoms with E-state index in [9.17, 15) is 8.42 Å². The van der Waals surface area contributed by atoms with Gasteiger partial charge in [-0.2, -0.15) is 12.7 Å². The molecule has 0 spiro atoms.